The number of hydrogen-bond donors (Lipinski definition) is 2. The number of nitrogens with zero attached hydrogens (tertiary/aromatic N) is 4. The number of aryl methyl sites for hydroxylation is 1. The number of halogens is 4. The molecule has 0 aliphatic carbocycles. The van der Waals surface area contributed by atoms with Gasteiger partial charge in [-0.2, -0.15) is 5.10 Å². The lowest BCUT2D eigenvalue weighted by molar-refractivity contribution is 0.130. The molecule has 1 aliphatic rings. The first-order valence-electron chi connectivity index (χ1n) is 10.8. The van der Waals surface area contributed by atoms with Gasteiger partial charge in [-0.05, 0) is 40.2 Å². The van der Waals surface area contributed by atoms with Crippen LogP contribution in [0.1, 0.15) is 27.7 Å². The monoisotopic (exact) mass is 624 g/mol. The first kappa shape index (κ1) is 28.3. The molecule has 0 amide bonds. The van der Waals surface area contributed by atoms with Crippen molar-refractivity contribution in [1.82, 2.24) is 14.8 Å². The van der Waals surface area contributed by atoms with Crippen molar-refractivity contribution in [3.8, 4) is 17.0 Å². The number of aromatic nitrogens is 3. The van der Waals surface area contributed by atoms with Gasteiger partial charge in [-0.1, -0.05) is 45.4 Å². The molecule has 2 aromatic heterocycles. The van der Waals surface area contributed by atoms with Crippen molar-refractivity contribution in [2.75, 3.05) is 22.4 Å². The Hall–Kier alpha value is -1.91. The summed E-state index contributed by atoms with van der Waals surface area (Å²) in [6.07, 6.45) is -1.84. The van der Waals surface area contributed by atoms with Gasteiger partial charge >= 0.3 is 0 Å². The Balaban J connectivity index is 0.000000970. The number of anilines is 4. The fourth-order valence-electron chi connectivity index (χ4n) is 3.29. The first-order valence-corrected chi connectivity index (χ1v) is 15.2. The Morgan fingerprint density at radius 2 is 1.91 bits per heavy atom. The number of nitrogens with one attached hydrogen (secondary N) is 2. The summed E-state index contributed by atoms with van der Waals surface area (Å²) in [7, 11) is 3.41. The minimum atomic E-state index is -2.59. The molecule has 34 heavy (non-hydrogen) atoms. The van der Waals surface area contributed by atoms with Gasteiger partial charge < -0.3 is 20.0 Å². The Labute approximate surface area is 218 Å². The van der Waals surface area contributed by atoms with E-state index in [1.54, 1.807) is 17.9 Å². The maximum atomic E-state index is 13.5. The molecule has 2 unspecified atom stereocenters. The fourth-order valence-corrected chi connectivity index (χ4v) is 5.59. The highest BCUT2D eigenvalue weighted by atomic mass is 127. The maximum Gasteiger partial charge on any atom is 0.277 e. The lowest BCUT2D eigenvalue weighted by Gasteiger charge is -2.22. The van der Waals surface area contributed by atoms with Gasteiger partial charge in [0.1, 0.15) is 10.8 Å². The van der Waals surface area contributed by atoms with E-state index in [1.807, 2.05) is 65.2 Å². The standard InChI is InChI=1S/C18H17ClF2IN6OP.2C2H6/c1-27-7-6-10(26-27)9-4-3-5-11(15(9)29-2)23-12-8-13(19)24-17-14(12)25-18(16(20)21)28(17)30-22;2*1-2/h3-8,16,18,25,30H,1-2H3,(H,23,24);2*1-2H3. The van der Waals surface area contributed by atoms with E-state index >= 15 is 0 Å². The predicted octanol–water partition coefficient (Wildman–Crippen LogP) is 7.71. The molecule has 0 saturated heterocycles. The zero-order valence-electron chi connectivity index (χ0n) is 19.8. The molecule has 3 aromatic rings. The van der Waals surface area contributed by atoms with E-state index in [2.05, 4.69) is 42.8 Å². The van der Waals surface area contributed by atoms with Crippen LogP contribution in [-0.2, 0) is 7.05 Å². The lowest BCUT2D eigenvalue weighted by atomic mass is 10.1. The highest BCUT2D eigenvalue weighted by molar-refractivity contribution is 14.2. The van der Waals surface area contributed by atoms with Crippen LogP contribution in [-0.4, -0.2) is 34.5 Å². The van der Waals surface area contributed by atoms with Crippen molar-refractivity contribution in [3.05, 3.63) is 41.7 Å². The SMILES string of the molecule is CC.CC.COc1c(Nc2cc(Cl)nc3c2NC(C(F)F)N3PI)cccc1-c1ccn(C)n1. The van der Waals surface area contributed by atoms with E-state index in [0.717, 1.165) is 11.3 Å². The van der Waals surface area contributed by atoms with Crippen LogP contribution in [0.25, 0.3) is 11.3 Å². The van der Waals surface area contributed by atoms with E-state index < -0.39 is 12.6 Å². The summed E-state index contributed by atoms with van der Waals surface area (Å²) in [5, 5.41) is 10.8. The van der Waals surface area contributed by atoms with Crippen LogP contribution in [0.15, 0.2) is 36.5 Å². The van der Waals surface area contributed by atoms with Crippen molar-refractivity contribution < 1.29 is 13.5 Å². The summed E-state index contributed by atoms with van der Waals surface area (Å²) in [4.78, 5) is 4.27. The van der Waals surface area contributed by atoms with E-state index in [4.69, 9.17) is 16.3 Å². The third kappa shape index (κ3) is 6.01. The van der Waals surface area contributed by atoms with Crippen LogP contribution in [0.2, 0.25) is 5.15 Å². The zero-order valence-corrected chi connectivity index (χ0v) is 23.7. The van der Waals surface area contributed by atoms with E-state index in [9.17, 15) is 8.78 Å². The molecule has 0 spiro atoms. The highest BCUT2D eigenvalue weighted by Gasteiger charge is 2.38. The number of pyridine rings is 1. The van der Waals surface area contributed by atoms with Gasteiger partial charge in [-0.25, -0.2) is 13.8 Å². The van der Waals surface area contributed by atoms with Crippen molar-refractivity contribution in [2.24, 2.45) is 7.05 Å². The molecule has 0 radical (unpaired) electrons. The van der Waals surface area contributed by atoms with Crippen molar-refractivity contribution in [2.45, 2.75) is 40.3 Å². The van der Waals surface area contributed by atoms with Gasteiger partial charge in [-0.3, -0.25) is 4.68 Å². The quantitative estimate of drug-likeness (QED) is 0.166. The highest BCUT2D eigenvalue weighted by Crippen LogP contribution is 2.49. The molecule has 1 aliphatic heterocycles. The molecule has 7 nitrogen and oxygen atoms in total. The molecular weight excluding hydrogens is 596 g/mol. The largest absolute Gasteiger partial charge is 0.494 e. The minimum absolute atomic E-state index is 0.0680. The molecular formula is C22H29ClF2IN6OP. The second-order valence-electron chi connectivity index (χ2n) is 6.46. The van der Waals surface area contributed by atoms with Gasteiger partial charge in [0.05, 0.1) is 24.2 Å². The van der Waals surface area contributed by atoms with Crippen LogP contribution in [0, 0.1) is 0 Å². The van der Waals surface area contributed by atoms with Gasteiger partial charge in [0.2, 0.25) is 0 Å². The zero-order chi connectivity index (χ0) is 25.4. The number of rotatable bonds is 6. The Morgan fingerprint density at radius 1 is 1.21 bits per heavy atom. The minimum Gasteiger partial charge on any atom is -0.494 e. The Morgan fingerprint density at radius 3 is 2.47 bits per heavy atom. The third-order valence-electron chi connectivity index (χ3n) is 4.58. The maximum absolute atomic E-state index is 13.5. The van der Waals surface area contributed by atoms with Gasteiger partial charge in [0, 0.05) is 31.2 Å². The fraction of sp³-hybridized carbons (Fsp3) is 0.364. The van der Waals surface area contributed by atoms with Crippen LogP contribution in [0.4, 0.5) is 31.7 Å². The average Bonchev–Trinajstić information content (AvgIpc) is 3.45. The summed E-state index contributed by atoms with van der Waals surface area (Å²) < 4.78 is 36.0. The van der Waals surface area contributed by atoms with Gasteiger partial charge in [0.25, 0.3) is 6.43 Å². The first-order chi connectivity index (χ1) is 16.4. The molecule has 2 atom stereocenters. The number of fused-ring (bicyclic) bond motifs is 1. The normalized spacial score (nSPS) is 14.2. The molecule has 1 aromatic carbocycles. The molecule has 12 heteroatoms. The van der Waals surface area contributed by atoms with Crippen LogP contribution < -0.4 is 20.0 Å². The van der Waals surface area contributed by atoms with Crippen LogP contribution in [0.3, 0.4) is 0 Å². The number of ether oxygens (including phenoxy) is 1. The molecule has 0 saturated carbocycles. The number of methoxy groups -OCH3 is 1. The summed E-state index contributed by atoms with van der Waals surface area (Å²) in [5.41, 5.74) is 3.21. The van der Waals surface area contributed by atoms with Crippen molar-refractivity contribution in [3.63, 3.8) is 0 Å². The lowest BCUT2D eigenvalue weighted by Crippen LogP contribution is -2.35. The average molecular weight is 625 g/mol. The van der Waals surface area contributed by atoms with Gasteiger partial charge in [-0.15, -0.1) is 0 Å². The summed E-state index contributed by atoms with van der Waals surface area (Å²) in [5.74, 6) is 0.969. The Kier molecular flexibility index (Phi) is 11.0. The summed E-state index contributed by atoms with van der Waals surface area (Å²) >= 11 is 8.27. The van der Waals surface area contributed by atoms with Crippen LogP contribution >= 0.6 is 40.0 Å². The Bertz CT molecular complexity index is 1090. The van der Waals surface area contributed by atoms with Crippen LogP contribution in [0.5, 0.6) is 5.75 Å². The molecule has 0 bridgehead atoms. The van der Waals surface area contributed by atoms with E-state index in [1.165, 1.54) is 4.67 Å². The number of benzene rings is 1. The third-order valence-corrected chi connectivity index (χ3v) is 7.00. The molecule has 4 rings (SSSR count). The molecule has 0 fully saturated rings. The topological polar surface area (TPSA) is 67.2 Å². The number of para-hydroxylation sites is 1. The van der Waals surface area contributed by atoms with Crippen molar-refractivity contribution in [1.29, 1.82) is 0 Å². The second kappa shape index (κ2) is 13.3. The smallest absolute Gasteiger partial charge is 0.277 e. The molecule has 2 N–H and O–H groups in total. The number of hydrogen-bond acceptors (Lipinski definition) is 6. The van der Waals surface area contributed by atoms with Gasteiger partial charge in [0.15, 0.2) is 17.7 Å². The summed E-state index contributed by atoms with van der Waals surface area (Å²) in [6.45, 7) is 8.00. The van der Waals surface area contributed by atoms with E-state index in [0.29, 0.717) is 28.6 Å². The summed E-state index contributed by atoms with van der Waals surface area (Å²) in [6, 6.07) is 9.09. The van der Waals surface area contributed by atoms with E-state index in [-0.39, 0.29) is 11.5 Å². The molecule has 186 valence electrons. The molecule has 3 heterocycles. The van der Waals surface area contributed by atoms with Crippen molar-refractivity contribution >= 4 is 62.9 Å². The second-order valence-corrected chi connectivity index (χ2v) is 8.94. The predicted molar refractivity (Wildman–Crippen MR) is 149 cm³/mol. The number of alkyl halides is 2.